The van der Waals surface area contributed by atoms with Crippen LogP contribution >= 0.6 is 24.8 Å². The van der Waals surface area contributed by atoms with Gasteiger partial charge in [0.05, 0.1) is 21.6 Å². The molecular weight excluding hydrogens is 387 g/mol. The number of non-ortho nitro benzene ring substituents is 1. The lowest BCUT2D eigenvalue weighted by Crippen LogP contribution is -2.23. The predicted molar refractivity (Wildman–Crippen MR) is 117 cm³/mol. The first-order valence-electron chi connectivity index (χ1n) is 8.63. The van der Waals surface area contributed by atoms with Gasteiger partial charge in [0.1, 0.15) is 5.39 Å². The van der Waals surface area contributed by atoms with E-state index in [9.17, 15) is 10.1 Å². The average Bonchev–Trinajstić information content (AvgIpc) is 2.63. The van der Waals surface area contributed by atoms with E-state index in [0.717, 1.165) is 42.5 Å². The fourth-order valence-corrected chi connectivity index (χ4v) is 2.96. The maximum absolute atomic E-state index is 11.5. The minimum Gasteiger partial charge on any atom is -0.382 e. The summed E-state index contributed by atoms with van der Waals surface area (Å²) in [6.45, 7) is 4.64. The highest BCUT2D eigenvalue weighted by Crippen LogP contribution is 2.36. The van der Waals surface area contributed by atoms with Crippen LogP contribution in [0.4, 0.5) is 11.4 Å². The third-order valence-electron chi connectivity index (χ3n) is 4.19. The Balaban J connectivity index is 0.00000182. The molecule has 0 saturated heterocycles. The van der Waals surface area contributed by atoms with Crippen molar-refractivity contribution in [1.29, 1.82) is 0 Å². The molecule has 0 amide bonds. The number of pyridine rings is 1. The van der Waals surface area contributed by atoms with Gasteiger partial charge in [-0.05, 0) is 25.1 Å². The number of fused-ring (bicyclic) bond motifs is 2. The Morgan fingerprint density at radius 3 is 2.48 bits per heavy atom. The van der Waals surface area contributed by atoms with Crippen molar-refractivity contribution in [2.24, 2.45) is 0 Å². The largest absolute Gasteiger partial charge is 0.382 e. The van der Waals surface area contributed by atoms with E-state index in [1.165, 1.54) is 6.07 Å². The van der Waals surface area contributed by atoms with Crippen molar-refractivity contribution in [3.8, 4) is 0 Å². The van der Waals surface area contributed by atoms with Crippen molar-refractivity contribution in [2.45, 2.75) is 19.8 Å². The molecule has 1 heterocycles. The zero-order valence-electron chi connectivity index (χ0n) is 15.1. The van der Waals surface area contributed by atoms with E-state index < -0.39 is 0 Å². The molecule has 2 aromatic carbocycles. The van der Waals surface area contributed by atoms with Crippen molar-refractivity contribution in [3.05, 3.63) is 52.6 Å². The number of nitro benzene ring substituents is 1. The number of para-hydroxylation sites is 1. The van der Waals surface area contributed by atoms with Crippen molar-refractivity contribution in [2.75, 3.05) is 25.0 Å². The number of benzene rings is 2. The molecule has 0 aliphatic heterocycles. The summed E-state index contributed by atoms with van der Waals surface area (Å²) in [5.74, 6) is 0. The van der Waals surface area contributed by atoms with Crippen LogP contribution in [0.2, 0.25) is 0 Å². The van der Waals surface area contributed by atoms with Crippen molar-refractivity contribution < 1.29 is 4.92 Å². The Bertz CT molecular complexity index is 905. The maximum Gasteiger partial charge on any atom is 0.280 e. The van der Waals surface area contributed by atoms with Crippen LogP contribution in [0.3, 0.4) is 0 Å². The number of nitrogens with one attached hydrogen (secondary N) is 2. The van der Waals surface area contributed by atoms with Crippen LogP contribution < -0.4 is 10.6 Å². The second-order valence-corrected chi connectivity index (χ2v) is 5.96. The minimum absolute atomic E-state index is 0. The molecule has 3 aromatic rings. The summed E-state index contributed by atoms with van der Waals surface area (Å²) in [6, 6.07) is 12.8. The molecule has 2 N–H and O–H groups in total. The second-order valence-electron chi connectivity index (χ2n) is 5.96. The fourth-order valence-electron chi connectivity index (χ4n) is 2.96. The standard InChI is InChI=1S/C19H22N4O2.2ClH/c1-2-3-11-20-12-13-21-19-14-7-4-5-8-15(14)22-16-9-6-10-17(18(16)19)23(24)25;;/h4-10,20H,2-3,11-13H2,1H3,(H,21,22);2*1H. The summed E-state index contributed by atoms with van der Waals surface area (Å²) < 4.78 is 0. The van der Waals surface area contributed by atoms with E-state index >= 15 is 0 Å². The molecule has 0 saturated carbocycles. The van der Waals surface area contributed by atoms with Gasteiger partial charge in [0.15, 0.2) is 0 Å². The Morgan fingerprint density at radius 2 is 1.74 bits per heavy atom. The number of hydrogen-bond acceptors (Lipinski definition) is 5. The molecular formula is C19H24Cl2N4O2. The topological polar surface area (TPSA) is 80.1 Å². The number of hydrogen-bond donors (Lipinski definition) is 2. The molecule has 0 fully saturated rings. The van der Waals surface area contributed by atoms with Gasteiger partial charge in [0.25, 0.3) is 5.69 Å². The molecule has 0 aliphatic carbocycles. The van der Waals surface area contributed by atoms with Crippen molar-refractivity contribution in [1.82, 2.24) is 10.3 Å². The molecule has 0 atom stereocenters. The van der Waals surface area contributed by atoms with Crippen LogP contribution in [-0.4, -0.2) is 29.5 Å². The van der Waals surface area contributed by atoms with Gasteiger partial charge in [0, 0.05) is 24.5 Å². The molecule has 3 rings (SSSR count). The molecule has 0 radical (unpaired) electrons. The molecule has 1 aromatic heterocycles. The summed E-state index contributed by atoms with van der Waals surface area (Å²) in [7, 11) is 0. The van der Waals surface area contributed by atoms with Crippen LogP contribution in [0, 0.1) is 10.1 Å². The summed E-state index contributed by atoms with van der Waals surface area (Å²) in [5, 5.41) is 19.7. The van der Waals surface area contributed by atoms with E-state index in [-0.39, 0.29) is 35.4 Å². The minimum atomic E-state index is -0.344. The van der Waals surface area contributed by atoms with E-state index in [0.29, 0.717) is 17.4 Å². The Morgan fingerprint density at radius 1 is 1.00 bits per heavy atom. The van der Waals surface area contributed by atoms with Gasteiger partial charge >= 0.3 is 0 Å². The Kier molecular flexibility index (Phi) is 9.21. The van der Waals surface area contributed by atoms with Gasteiger partial charge in [0.2, 0.25) is 0 Å². The highest BCUT2D eigenvalue weighted by atomic mass is 35.5. The van der Waals surface area contributed by atoms with E-state index in [4.69, 9.17) is 0 Å². The molecule has 27 heavy (non-hydrogen) atoms. The average molecular weight is 411 g/mol. The lowest BCUT2D eigenvalue weighted by atomic mass is 10.1. The number of anilines is 1. The third-order valence-corrected chi connectivity index (χ3v) is 4.19. The van der Waals surface area contributed by atoms with Crippen LogP contribution in [0.1, 0.15) is 19.8 Å². The van der Waals surface area contributed by atoms with Crippen LogP contribution in [0.15, 0.2) is 42.5 Å². The third kappa shape index (κ3) is 5.19. The maximum atomic E-state index is 11.5. The number of aromatic nitrogens is 1. The van der Waals surface area contributed by atoms with E-state index in [2.05, 4.69) is 22.5 Å². The lowest BCUT2D eigenvalue weighted by molar-refractivity contribution is -0.383. The number of nitro groups is 1. The second kappa shape index (κ2) is 10.9. The Hall–Kier alpha value is -2.15. The highest BCUT2D eigenvalue weighted by molar-refractivity contribution is 6.11. The summed E-state index contributed by atoms with van der Waals surface area (Å²) in [4.78, 5) is 15.7. The van der Waals surface area contributed by atoms with E-state index in [1.54, 1.807) is 6.07 Å². The molecule has 0 bridgehead atoms. The molecule has 0 aliphatic rings. The number of unbranched alkanes of at least 4 members (excludes halogenated alkanes) is 1. The van der Waals surface area contributed by atoms with Gasteiger partial charge in [-0.1, -0.05) is 37.6 Å². The molecule has 8 heteroatoms. The smallest absolute Gasteiger partial charge is 0.280 e. The van der Waals surface area contributed by atoms with Crippen LogP contribution in [-0.2, 0) is 0 Å². The first-order chi connectivity index (χ1) is 12.2. The summed E-state index contributed by atoms with van der Waals surface area (Å²) in [6.07, 6.45) is 2.30. The van der Waals surface area contributed by atoms with Crippen molar-refractivity contribution >= 4 is 58.0 Å². The number of rotatable bonds is 8. The first-order valence-corrected chi connectivity index (χ1v) is 8.63. The van der Waals surface area contributed by atoms with Crippen LogP contribution in [0.25, 0.3) is 21.8 Å². The lowest BCUT2D eigenvalue weighted by Gasteiger charge is -2.13. The molecule has 0 spiro atoms. The number of nitrogens with zero attached hydrogens (tertiary/aromatic N) is 2. The molecule has 146 valence electrons. The van der Waals surface area contributed by atoms with Gasteiger partial charge in [-0.3, -0.25) is 10.1 Å². The first kappa shape index (κ1) is 22.9. The zero-order chi connectivity index (χ0) is 17.6. The fraction of sp³-hybridized carbons (Fsp3) is 0.316. The van der Waals surface area contributed by atoms with Crippen LogP contribution in [0.5, 0.6) is 0 Å². The zero-order valence-corrected chi connectivity index (χ0v) is 16.7. The number of halogens is 2. The molecule has 6 nitrogen and oxygen atoms in total. The van der Waals surface area contributed by atoms with Gasteiger partial charge < -0.3 is 10.6 Å². The van der Waals surface area contributed by atoms with Gasteiger partial charge in [-0.25, -0.2) is 4.98 Å². The highest BCUT2D eigenvalue weighted by Gasteiger charge is 2.18. The Labute approximate surface area is 170 Å². The van der Waals surface area contributed by atoms with E-state index in [1.807, 2.05) is 30.3 Å². The SMILES string of the molecule is CCCCNCCNc1c2ccccc2nc2cccc([N+](=O)[O-])c12.Cl.Cl. The summed E-state index contributed by atoms with van der Waals surface area (Å²) in [5.41, 5.74) is 2.33. The summed E-state index contributed by atoms with van der Waals surface area (Å²) >= 11 is 0. The monoisotopic (exact) mass is 410 g/mol. The van der Waals surface area contributed by atoms with Crippen molar-refractivity contribution in [3.63, 3.8) is 0 Å². The normalized spacial score (nSPS) is 10.3. The van der Waals surface area contributed by atoms with Gasteiger partial charge in [-0.15, -0.1) is 24.8 Å². The van der Waals surface area contributed by atoms with Gasteiger partial charge in [-0.2, -0.15) is 0 Å². The quantitative estimate of drug-likeness (QED) is 0.238. The molecule has 0 unspecified atom stereocenters. The predicted octanol–water partition coefficient (Wildman–Crippen LogP) is 4.94.